The number of hydrogen-bond donors (Lipinski definition) is 0. The quantitative estimate of drug-likeness (QED) is 0.655. The summed E-state index contributed by atoms with van der Waals surface area (Å²) in [5.74, 6) is 1.76. The van der Waals surface area contributed by atoms with Gasteiger partial charge in [-0.15, -0.1) is 0 Å². The van der Waals surface area contributed by atoms with E-state index in [1.165, 1.54) is 38.9 Å². The lowest BCUT2D eigenvalue weighted by molar-refractivity contribution is 0.184. The molecule has 0 spiro atoms. The number of hydrogen-bond acceptors (Lipinski definition) is 4. The van der Waals surface area contributed by atoms with Gasteiger partial charge >= 0.3 is 0 Å². The second kappa shape index (κ2) is 11.1. The number of aryl methyl sites for hydroxylation is 1. The highest BCUT2D eigenvalue weighted by atomic mass is 16.5. The van der Waals surface area contributed by atoms with Gasteiger partial charge in [0.25, 0.3) is 0 Å². The maximum atomic E-state index is 5.66. The standard InChI is InChI=1S/C17H30N4O.C2H6/c1-5-20(13-9-12-19-10-7-6-8-11-19)21-17(16(4)22-21)18-14-15(2)3;1-2/h14H,2,5-13H2,1,3-4H3;1-2H3/b18-14-;. The Morgan fingerprint density at radius 2 is 1.96 bits per heavy atom. The van der Waals surface area contributed by atoms with Crippen LogP contribution in [0.2, 0.25) is 0 Å². The van der Waals surface area contributed by atoms with E-state index in [2.05, 4.69) is 28.4 Å². The van der Waals surface area contributed by atoms with Crippen LogP contribution in [-0.4, -0.2) is 48.7 Å². The van der Waals surface area contributed by atoms with E-state index in [4.69, 9.17) is 4.52 Å². The van der Waals surface area contributed by atoms with E-state index in [0.717, 1.165) is 36.7 Å². The van der Waals surface area contributed by atoms with Crippen LogP contribution in [0, 0.1) is 6.92 Å². The van der Waals surface area contributed by atoms with Crippen LogP contribution in [0.25, 0.3) is 0 Å². The fourth-order valence-corrected chi connectivity index (χ4v) is 2.85. The molecule has 1 aliphatic heterocycles. The molecule has 1 aromatic rings. The van der Waals surface area contributed by atoms with Gasteiger partial charge in [0, 0.05) is 26.2 Å². The second-order valence-electron chi connectivity index (χ2n) is 6.15. The van der Waals surface area contributed by atoms with Crippen LogP contribution in [-0.2, 0) is 0 Å². The number of nitrogens with zero attached hydrogens (tertiary/aromatic N) is 4. The first-order chi connectivity index (χ1) is 11.6. The Labute approximate surface area is 147 Å². The van der Waals surface area contributed by atoms with Crippen molar-refractivity contribution in [3.63, 3.8) is 0 Å². The van der Waals surface area contributed by atoms with Crippen LogP contribution >= 0.6 is 0 Å². The highest BCUT2D eigenvalue weighted by Gasteiger charge is 2.18. The van der Waals surface area contributed by atoms with Crippen molar-refractivity contribution in [1.82, 2.24) is 9.75 Å². The molecular weight excluding hydrogens is 300 g/mol. The van der Waals surface area contributed by atoms with Crippen molar-refractivity contribution in [3.8, 4) is 0 Å². The number of aromatic nitrogens is 1. The van der Waals surface area contributed by atoms with Crippen LogP contribution in [0.4, 0.5) is 5.82 Å². The third-order valence-electron chi connectivity index (χ3n) is 4.09. The molecule has 2 heterocycles. The normalized spacial score (nSPS) is 15.4. The Morgan fingerprint density at radius 3 is 2.50 bits per heavy atom. The van der Waals surface area contributed by atoms with E-state index in [1.54, 1.807) is 6.21 Å². The summed E-state index contributed by atoms with van der Waals surface area (Å²) in [7, 11) is 0. The third-order valence-corrected chi connectivity index (χ3v) is 4.09. The van der Waals surface area contributed by atoms with Gasteiger partial charge < -0.3 is 9.42 Å². The fourth-order valence-electron chi connectivity index (χ4n) is 2.85. The fraction of sp³-hybridized carbons (Fsp3) is 0.737. The highest BCUT2D eigenvalue weighted by Crippen LogP contribution is 2.23. The van der Waals surface area contributed by atoms with Gasteiger partial charge in [0.1, 0.15) is 0 Å². The predicted molar refractivity (Wildman–Crippen MR) is 104 cm³/mol. The summed E-state index contributed by atoms with van der Waals surface area (Å²) in [6, 6.07) is 0. The Kier molecular flexibility index (Phi) is 9.53. The molecule has 0 N–H and O–H groups in total. The lowest BCUT2D eigenvalue weighted by Gasteiger charge is -2.30. The molecule has 5 nitrogen and oxygen atoms in total. The zero-order valence-electron chi connectivity index (χ0n) is 16.3. The van der Waals surface area contributed by atoms with Crippen LogP contribution in [0.1, 0.15) is 59.1 Å². The number of rotatable bonds is 8. The highest BCUT2D eigenvalue weighted by molar-refractivity contribution is 5.79. The Balaban J connectivity index is 0.00000139. The molecule has 2 rings (SSSR count). The molecule has 0 aliphatic carbocycles. The molecule has 1 fully saturated rings. The van der Waals surface area contributed by atoms with Gasteiger partial charge in [0.15, 0.2) is 5.76 Å². The third kappa shape index (κ3) is 6.19. The minimum atomic E-state index is 0.868. The largest absolute Gasteiger partial charge is 0.358 e. The lowest BCUT2D eigenvalue weighted by Crippen LogP contribution is -2.39. The van der Waals surface area contributed by atoms with Gasteiger partial charge in [-0.3, -0.25) is 5.01 Å². The zero-order chi connectivity index (χ0) is 17.9. The minimum absolute atomic E-state index is 0.868. The number of allylic oxidation sites excluding steroid dienone is 1. The van der Waals surface area contributed by atoms with Crippen molar-refractivity contribution in [2.45, 2.75) is 60.3 Å². The number of aliphatic imine (C=N–C) groups is 1. The maximum absolute atomic E-state index is 5.66. The molecule has 0 saturated carbocycles. The van der Waals surface area contributed by atoms with E-state index in [1.807, 2.05) is 32.5 Å². The van der Waals surface area contributed by atoms with Crippen molar-refractivity contribution in [2.75, 3.05) is 37.7 Å². The summed E-state index contributed by atoms with van der Waals surface area (Å²) in [5.41, 5.74) is 0.945. The Hall–Kier alpha value is -1.49. The van der Waals surface area contributed by atoms with E-state index >= 15 is 0 Å². The second-order valence-corrected chi connectivity index (χ2v) is 6.15. The SMILES string of the molecule is C=C(C)/C=N\c1c(C)on1N(CC)CCCN1CCCCC1.CC. The molecule has 0 radical (unpaired) electrons. The molecule has 1 saturated heterocycles. The number of piperidine rings is 1. The maximum Gasteiger partial charge on any atom is 0.229 e. The molecular formula is C19H36N4O. The first kappa shape index (κ1) is 20.6. The monoisotopic (exact) mass is 336 g/mol. The van der Waals surface area contributed by atoms with E-state index < -0.39 is 0 Å². The summed E-state index contributed by atoms with van der Waals surface area (Å²) in [5, 5.41) is 2.21. The van der Waals surface area contributed by atoms with Crippen molar-refractivity contribution in [1.29, 1.82) is 0 Å². The topological polar surface area (TPSA) is 36.9 Å². The first-order valence-electron chi connectivity index (χ1n) is 9.47. The summed E-state index contributed by atoms with van der Waals surface area (Å²) < 4.78 is 5.66. The van der Waals surface area contributed by atoms with Gasteiger partial charge in [-0.05, 0) is 58.3 Å². The molecule has 24 heavy (non-hydrogen) atoms. The van der Waals surface area contributed by atoms with Gasteiger partial charge in [-0.2, -0.15) is 0 Å². The Morgan fingerprint density at radius 1 is 1.29 bits per heavy atom. The first-order valence-corrected chi connectivity index (χ1v) is 9.47. The van der Waals surface area contributed by atoms with Crippen molar-refractivity contribution in [3.05, 3.63) is 17.9 Å². The molecule has 0 aromatic carbocycles. The zero-order valence-corrected chi connectivity index (χ0v) is 16.3. The molecule has 0 unspecified atom stereocenters. The lowest BCUT2D eigenvalue weighted by atomic mass is 10.1. The molecule has 0 bridgehead atoms. The molecule has 1 aromatic heterocycles. The van der Waals surface area contributed by atoms with Crippen molar-refractivity contribution < 1.29 is 4.52 Å². The van der Waals surface area contributed by atoms with Crippen LogP contribution in [0.3, 0.4) is 0 Å². The molecule has 138 valence electrons. The van der Waals surface area contributed by atoms with Gasteiger partial charge in [-0.1, -0.05) is 31.7 Å². The smallest absolute Gasteiger partial charge is 0.229 e. The Bertz CT molecular complexity index is 495. The predicted octanol–water partition coefficient (Wildman–Crippen LogP) is 4.53. The van der Waals surface area contributed by atoms with E-state index in [9.17, 15) is 0 Å². The average Bonchev–Trinajstić information content (AvgIpc) is 2.59. The van der Waals surface area contributed by atoms with Crippen molar-refractivity contribution >= 4 is 12.0 Å². The minimum Gasteiger partial charge on any atom is -0.358 e. The van der Waals surface area contributed by atoms with E-state index in [0.29, 0.717) is 0 Å². The van der Waals surface area contributed by atoms with Gasteiger partial charge in [-0.25, -0.2) is 4.99 Å². The number of likely N-dealkylation sites (tertiary alicyclic amines) is 1. The average molecular weight is 337 g/mol. The summed E-state index contributed by atoms with van der Waals surface area (Å²) in [6.45, 7) is 19.5. The summed E-state index contributed by atoms with van der Waals surface area (Å²) in [4.78, 5) is 8.87. The van der Waals surface area contributed by atoms with Gasteiger partial charge in [0.2, 0.25) is 5.82 Å². The molecule has 0 atom stereocenters. The molecule has 5 heteroatoms. The van der Waals surface area contributed by atoms with Crippen molar-refractivity contribution in [2.24, 2.45) is 4.99 Å². The summed E-state index contributed by atoms with van der Waals surface area (Å²) >= 11 is 0. The van der Waals surface area contributed by atoms with Crippen LogP contribution in [0.5, 0.6) is 0 Å². The van der Waals surface area contributed by atoms with Gasteiger partial charge in [0.05, 0.1) is 0 Å². The van der Waals surface area contributed by atoms with Crippen LogP contribution < -0.4 is 5.01 Å². The van der Waals surface area contributed by atoms with Crippen LogP contribution in [0.15, 0.2) is 21.7 Å². The molecule has 1 aliphatic rings. The summed E-state index contributed by atoms with van der Waals surface area (Å²) in [6.07, 6.45) is 7.05. The van der Waals surface area contributed by atoms with E-state index in [-0.39, 0.29) is 0 Å². The molecule has 0 amide bonds.